The van der Waals surface area contributed by atoms with Crippen LogP contribution in [-0.2, 0) is 4.74 Å². The highest BCUT2D eigenvalue weighted by Crippen LogP contribution is 2.36. The van der Waals surface area contributed by atoms with Gasteiger partial charge in [0.15, 0.2) is 5.78 Å². The number of ketones is 1. The van der Waals surface area contributed by atoms with Crippen molar-refractivity contribution in [1.29, 1.82) is 0 Å². The van der Waals surface area contributed by atoms with E-state index in [1.165, 1.54) is 12.8 Å². The van der Waals surface area contributed by atoms with E-state index >= 15 is 0 Å². The molecule has 1 unspecified atom stereocenters. The van der Waals surface area contributed by atoms with Crippen LogP contribution in [0.25, 0.3) is 11.1 Å². The van der Waals surface area contributed by atoms with Gasteiger partial charge in [-0.3, -0.25) is 4.79 Å². The smallest absolute Gasteiger partial charge is 0.182 e. The lowest BCUT2D eigenvalue weighted by Gasteiger charge is -2.26. The third-order valence-corrected chi connectivity index (χ3v) is 6.38. The van der Waals surface area contributed by atoms with Crippen molar-refractivity contribution >= 4 is 34.8 Å². The Labute approximate surface area is 181 Å². The van der Waals surface area contributed by atoms with Crippen LogP contribution >= 0.6 is 23.2 Å². The first-order valence-corrected chi connectivity index (χ1v) is 11.0. The van der Waals surface area contributed by atoms with E-state index in [9.17, 15) is 4.79 Å². The molecule has 3 heterocycles. The molecule has 0 saturated carbocycles. The minimum absolute atomic E-state index is 0.00536. The van der Waals surface area contributed by atoms with Gasteiger partial charge in [0, 0.05) is 42.5 Å². The number of aromatic nitrogens is 1. The van der Waals surface area contributed by atoms with Crippen LogP contribution in [0.3, 0.4) is 0 Å². The highest BCUT2D eigenvalue weighted by Gasteiger charge is 2.27. The van der Waals surface area contributed by atoms with Crippen molar-refractivity contribution in [3.63, 3.8) is 0 Å². The first-order chi connectivity index (χ1) is 14.1. The number of nitrogens with zero attached hydrogens (tertiary/aromatic N) is 2. The number of benzene rings is 1. The lowest BCUT2D eigenvalue weighted by Crippen LogP contribution is -2.46. The maximum Gasteiger partial charge on any atom is 0.182 e. The average Bonchev–Trinajstić information content (AvgIpc) is 3.05. The van der Waals surface area contributed by atoms with E-state index in [0.717, 1.165) is 31.7 Å². The molecule has 0 spiro atoms. The van der Waals surface area contributed by atoms with Gasteiger partial charge < -0.3 is 15.0 Å². The zero-order chi connectivity index (χ0) is 20.2. The summed E-state index contributed by atoms with van der Waals surface area (Å²) in [4.78, 5) is 20.4. The Morgan fingerprint density at radius 2 is 1.93 bits per heavy atom. The largest absolute Gasteiger partial charge is 0.378 e. The molecular formula is C22H25Cl2N3O2. The molecule has 29 heavy (non-hydrogen) atoms. The van der Waals surface area contributed by atoms with Crippen LogP contribution in [0.1, 0.15) is 36.0 Å². The number of nitrogens with one attached hydrogen (secondary N) is 1. The number of pyridine rings is 1. The second-order valence-electron chi connectivity index (χ2n) is 7.54. The van der Waals surface area contributed by atoms with Crippen molar-refractivity contribution < 1.29 is 9.53 Å². The molecule has 0 bridgehead atoms. The summed E-state index contributed by atoms with van der Waals surface area (Å²) in [5.41, 5.74) is 2.02. The molecule has 0 aliphatic carbocycles. The van der Waals surface area contributed by atoms with Crippen molar-refractivity contribution in [2.45, 2.75) is 31.7 Å². The Balaban J connectivity index is 1.77. The van der Waals surface area contributed by atoms with Crippen molar-refractivity contribution in [3.05, 3.63) is 46.1 Å². The number of carbonyl (C=O) groups excluding carboxylic acids is 1. The predicted molar refractivity (Wildman–Crippen MR) is 117 cm³/mol. The Morgan fingerprint density at radius 3 is 2.66 bits per heavy atom. The summed E-state index contributed by atoms with van der Waals surface area (Å²) in [6.45, 7) is 3.56. The summed E-state index contributed by atoms with van der Waals surface area (Å²) in [5, 5.41) is 4.15. The molecule has 1 aromatic heterocycles. The zero-order valence-electron chi connectivity index (χ0n) is 16.3. The molecule has 4 rings (SSSR count). The van der Waals surface area contributed by atoms with E-state index in [1.54, 1.807) is 12.3 Å². The number of ether oxygens (including phenoxy) is 1. The van der Waals surface area contributed by atoms with E-state index in [-0.39, 0.29) is 11.8 Å². The van der Waals surface area contributed by atoms with Crippen molar-refractivity contribution in [2.24, 2.45) is 0 Å². The maximum absolute atomic E-state index is 13.4. The molecule has 2 saturated heterocycles. The van der Waals surface area contributed by atoms with Gasteiger partial charge in [0.05, 0.1) is 29.3 Å². The molecule has 1 aromatic carbocycles. The van der Waals surface area contributed by atoms with Gasteiger partial charge in [-0.1, -0.05) is 48.2 Å². The fourth-order valence-corrected chi connectivity index (χ4v) is 4.37. The fraction of sp³-hybridized carbons (Fsp3) is 0.455. The monoisotopic (exact) mass is 433 g/mol. The highest BCUT2D eigenvalue weighted by molar-refractivity contribution is 6.43. The average molecular weight is 434 g/mol. The molecule has 154 valence electrons. The van der Waals surface area contributed by atoms with Crippen LogP contribution in [0.15, 0.2) is 30.5 Å². The molecule has 0 radical (unpaired) electrons. The van der Waals surface area contributed by atoms with Gasteiger partial charge in [-0.15, -0.1) is 0 Å². The van der Waals surface area contributed by atoms with Crippen LogP contribution in [0, 0.1) is 0 Å². The van der Waals surface area contributed by atoms with E-state index in [1.807, 2.05) is 18.2 Å². The Morgan fingerprint density at radius 1 is 1.14 bits per heavy atom. The summed E-state index contributed by atoms with van der Waals surface area (Å²) in [6.07, 6.45) is 6.52. The molecule has 1 N–H and O–H groups in total. The van der Waals surface area contributed by atoms with Gasteiger partial charge >= 0.3 is 0 Å². The molecule has 2 aromatic rings. The van der Waals surface area contributed by atoms with Gasteiger partial charge in [0.1, 0.15) is 5.82 Å². The molecule has 5 nitrogen and oxygen atoms in total. The molecule has 2 aliphatic rings. The number of carbonyl (C=O) groups is 1. The maximum atomic E-state index is 13.4. The summed E-state index contributed by atoms with van der Waals surface area (Å²) in [5.74, 6) is 0.836. The number of anilines is 1. The predicted octanol–water partition coefficient (Wildman–Crippen LogP) is 4.61. The Hall–Kier alpha value is -1.66. The molecular weight excluding hydrogens is 409 g/mol. The standard InChI is InChI=1S/C22H25Cl2N3O2/c23-18-7-5-6-15(21(18)24)17-13-26-20(27-9-3-1-2-4-10-27)12-16(17)22(28)19-14-29-11-8-25-19/h5-7,12-13,19,25H,1-4,8-11,14H2. The summed E-state index contributed by atoms with van der Waals surface area (Å²) in [7, 11) is 0. The molecule has 2 aliphatic heterocycles. The first-order valence-electron chi connectivity index (χ1n) is 10.2. The Bertz CT molecular complexity index is 876. The number of hydrogen-bond acceptors (Lipinski definition) is 5. The van der Waals surface area contributed by atoms with Crippen LogP contribution in [0.5, 0.6) is 0 Å². The molecule has 2 fully saturated rings. The third kappa shape index (κ3) is 4.58. The summed E-state index contributed by atoms with van der Waals surface area (Å²) in [6, 6.07) is 6.99. The lowest BCUT2D eigenvalue weighted by atomic mass is 9.95. The van der Waals surface area contributed by atoms with Crippen LogP contribution in [0.2, 0.25) is 10.0 Å². The van der Waals surface area contributed by atoms with Gasteiger partial charge in [-0.2, -0.15) is 0 Å². The van der Waals surface area contributed by atoms with Gasteiger partial charge in [-0.25, -0.2) is 4.98 Å². The van der Waals surface area contributed by atoms with E-state index in [4.69, 9.17) is 32.9 Å². The van der Waals surface area contributed by atoms with Crippen LogP contribution < -0.4 is 10.2 Å². The van der Waals surface area contributed by atoms with Gasteiger partial charge in [0.25, 0.3) is 0 Å². The van der Waals surface area contributed by atoms with E-state index < -0.39 is 0 Å². The zero-order valence-corrected chi connectivity index (χ0v) is 17.8. The Kier molecular flexibility index (Phi) is 6.70. The van der Waals surface area contributed by atoms with Crippen LogP contribution in [-0.4, -0.2) is 49.7 Å². The van der Waals surface area contributed by atoms with Crippen LogP contribution in [0.4, 0.5) is 5.82 Å². The molecule has 1 atom stereocenters. The lowest BCUT2D eigenvalue weighted by molar-refractivity contribution is 0.0608. The minimum Gasteiger partial charge on any atom is -0.378 e. The molecule has 0 amide bonds. The normalized spacial score (nSPS) is 20.3. The van der Waals surface area contributed by atoms with E-state index in [0.29, 0.717) is 46.5 Å². The third-order valence-electron chi connectivity index (χ3n) is 5.56. The topological polar surface area (TPSA) is 54.5 Å². The molecule has 7 heteroatoms. The van der Waals surface area contributed by atoms with Crippen molar-refractivity contribution in [3.8, 4) is 11.1 Å². The van der Waals surface area contributed by atoms with Gasteiger partial charge in [-0.05, 0) is 25.0 Å². The number of halogens is 2. The number of morpholine rings is 1. The number of Topliss-reactive ketones (excluding diaryl/α,β-unsaturated/α-hetero) is 1. The quantitative estimate of drug-likeness (QED) is 0.713. The first kappa shape index (κ1) is 20.6. The SMILES string of the molecule is O=C(c1cc(N2CCCCCC2)ncc1-c1cccc(Cl)c1Cl)C1COCCN1. The summed E-state index contributed by atoms with van der Waals surface area (Å²) >= 11 is 12.7. The fourth-order valence-electron chi connectivity index (χ4n) is 3.97. The number of rotatable bonds is 4. The highest BCUT2D eigenvalue weighted by atomic mass is 35.5. The number of hydrogen-bond donors (Lipinski definition) is 1. The second kappa shape index (κ2) is 9.43. The van der Waals surface area contributed by atoms with Crippen molar-refractivity contribution in [1.82, 2.24) is 10.3 Å². The second-order valence-corrected chi connectivity index (χ2v) is 8.32. The van der Waals surface area contributed by atoms with Crippen molar-refractivity contribution in [2.75, 3.05) is 37.7 Å². The minimum atomic E-state index is -0.375. The summed E-state index contributed by atoms with van der Waals surface area (Å²) < 4.78 is 5.52. The van der Waals surface area contributed by atoms with E-state index in [2.05, 4.69) is 10.2 Å². The van der Waals surface area contributed by atoms with Gasteiger partial charge in [0.2, 0.25) is 0 Å².